The monoisotopic (exact) mass is 343 g/mol. The van der Waals surface area contributed by atoms with Crippen LogP contribution >= 0.6 is 0 Å². The summed E-state index contributed by atoms with van der Waals surface area (Å²) in [6, 6.07) is 11.6. The third kappa shape index (κ3) is 4.50. The Kier molecular flexibility index (Phi) is 6.00. The highest BCUT2D eigenvalue weighted by Crippen LogP contribution is 2.28. The molecule has 0 saturated carbocycles. The zero-order valence-electron chi connectivity index (χ0n) is 14.4. The van der Waals surface area contributed by atoms with Crippen molar-refractivity contribution in [1.29, 1.82) is 0 Å². The van der Waals surface area contributed by atoms with Crippen LogP contribution in [-0.4, -0.2) is 31.2 Å². The molecule has 6 heteroatoms. The standard InChI is InChI=1S/C19H21NO5/c1-12-6-4-5-7-14(12)15(11-18(21)22)20-19(23)13-8-9-16(24-2)17(10-13)25-3/h4-10,15H,11H2,1-3H3,(H,20,23)(H,21,22)/t15-/m0/s1. The van der Waals surface area contributed by atoms with E-state index in [1.807, 2.05) is 31.2 Å². The van der Waals surface area contributed by atoms with E-state index < -0.39 is 12.0 Å². The van der Waals surface area contributed by atoms with Crippen molar-refractivity contribution < 1.29 is 24.2 Å². The van der Waals surface area contributed by atoms with Crippen molar-refractivity contribution in [2.24, 2.45) is 0 Å². The number of benzene rings is 2. The van der Waals surface area contributed by atoms with Gasteiger partial charge < -0.3 is 19.9 Å². The van der Waals surface area contributed by atoms with Gasteiger partial charge in [-0.15, -0.1) is 0 Å². The van der Waals surface area contributed by atoms with Crippen LogP contribution < -0.4 is 14.8 Å². The molecule has 0 heterocycles. The molecule has 0 fully saturated rings. The fourth-order valence-corrected chi connectivity index (χ4v) is 2.61. The van der Waals surface area contributed by atoms with E-state index in [0.29, 0.717) is 17.1 Å². The predicted molar refractivity (Wildman–Crippen MR) is 93.2 cm³/mol. The molecule has 0 unspecified atom stereocenters. The maximum Gasteiger partial charge on any atom is 0.305 e. The minimum Gasteiger partial charge on any atom is -0.493 e. The maximum atomic E-state index is 12.6. The number of carbonyl (C=O) groups excluding carboxylic acids is 1. The predicted octanol–water partition coefficient (Wildman–Crippen LogP) is 2.96. The Bertz CT molecular complexity index is 772. The highest BCUT2D eigenvalue weighted by Gasteiger charge is 2.21. The fourth-order valence-electron chi connectivity index (χ4n) is 2.61. The van der Waals surface area contributed by atoms with Gasteiger partial charge in [0.1, 0.15) is 0 Å². The highest BCUT2D eigenvalue weighted by atomic mass is 16.5. The first-order valence-corrected chi connectivity index (χ1v) is 7.76. The lowest BCUT2D eigenvalue weighted by atomic mass is 9.98. The Balaban J connectivity index is 2.28. The van der Waals surface area contributed by atoms with Crippen LogP contribution in [0.4, 0.5) is 0 Å². The first-order chi connectivity index (χ1) is 12.0. The van der Waals surface area contributed by atoms with Gasteiger partial charge in [-0.1, -0.05) is 24.3 Å². The molecule has 0 aliphatic carbocycles. The number of aryl methyl sites for hydroxylation is 1. The molecule has 0 aliphatic rings. The van der Waals surface area contributed by atoms with E-state index >= 15 is 0 Å². The Hall–Kier alpha value is -3.02. The number of carbonyl (C=O) groups is 2. The summed E-state index contributed by atoms with van der Waals surface area (Å²) in [5.41, 5.74) is 2.06. The number of methoxy groups -OCH3 is 2. The van der Waals surface area contributed by atoms with Crippen molar-refractivity contribution in [3.63, 3.8) is 0 Å². The molecule has 0 spiro atoms. The number of rotatable bonds is 7. The molecule has 0 saturated heterocycles. The lowest BCUT2D eigenvalue weighted by molar-refractivity contribution is -0.137. The first-order valence-electron chi connectivity index (χ1n) is 7.76. The zero-order valence-corrected chi connectivity index (χ0v) is 14.4. The van der Waals surface area contributed by atoms with Crippen LogP contribution in [0.3, 0.4) is 0 Å². The summed E-state index contributed by atoms with van der Waals surface area (Å²) in [5.74, 6) is -0.419. The fraction of sp³-hybridized carbons (Fsp3) is 0.263. The Labute approximate surface area is 146 Å². The number of amides is 1. The van der Waals surface area contributed by atoms with Gasteiger partial charge in [-0.05, 0) is 36.2 Å². The SMILES string of the molecule is COc1ccc(C(=O)N[C@@H](CC(=O)O)c2ccccc2C)cc1OC. The lowest BCUT2D eigenvalue weighted by Crippen LogP contribution is -2.30. The molecule has 1 atom stereocenters. The van der Waals surface area contributed by atoms with Crippen molar-refractivity contribution in [3.8, 4) is 11.5 Å². The summed E-state index contributed by atoms with van der Waals surface area (Å²) >= 11 is 0. The van der Waals surface area contributed by atoms with Gasteiger partial charge in [-0.25, -0.2) is 0 Å². The number of carboxylic acid groups (broad SMARTS) is 1. The van der Waals surface area contributed by atoms with E-state index in [-0.39, 0.29) is 12.3 Å². The van der Waals surface area contributed by atoms with E-state index in [9.17, 15) is 14.7 Å². The number of nitrogens with one attached hydrogen (secondary N) is 1. The van der Waals surface area contributed by atoms with E-state index in [1.165, 1.54) is 14.2 Å². The molecule has 6 nitrogen and oxygen atoms in total. The first kappa shape index (κ1) is 18.3. The van der Waals surface area contributed by atoms with E-state index in [2.05, 4.69) is 5.32 Å². The Morgan fingerprint density at radius 1 is 1.08 bits per heavy atom. The summed E-state index contributed by atoms with van der Waals surface area (Å²) in [7, 11) is 3.00. The lowest BCUT2D eigenvalue weighted by Gasteiger charge is -2.20. The smallest absolute Gasteiger partial charge is 0.305 e. The van der Waals surface area contributed by atoms with Crippen LogP contribution in [0.25, 0.3) is 0 Å². The molecule has 25 heavy (non-hydrogen) atoms. The van der Waals surface area contributed by atoms with E-state index in [0.717, 1.165) is 11.1 Å². The summed E-state index contributed by atoms with van der Waals surface area (Å²) in [6.07, 6.45) is -0.204. The molecular formula is C19H21NO5. The number of ether oxygens (including phenoxy) is 2. The van der Waals surface area contributed by atoms with Gasteiger partial charge in [0.2, 0.25) is 0 Å². The minimum atomic E-state index is -0.985. The number of aliphatic carboxylic acids is 1. The van der Waals surface area contributed by atoms with Gasteiger partial charge in [-0.2, -0.15) is 0 Å². The van der Waals surface area contributed by atoms with Crippen LogP contribution in [0.1, 0.15) is 33.9 Å². The van der Waals surface area contributed by atoms with E-state index in [4.69, 9.17) is 9.47 Å². The second-order valence-electron chi connectivity index (χ2n) is 5.55. The molecule has 2 aromatic carbocycles. The number of hydrogen-bond acceptors (Lipinski definition) is 4. The summed E-state index contributed by atoms with van der Waals surface area (Å²) in [5, 5.41) is 12.0. The third-order valence-corrected chi connectivity index (χ3v) is 3.89. The summed E-state index contributed by atoms with van der Waals surface area (Å²) in [4.78, 5) is 23.8. The third-order valence-electron chi connectivity index (χ3n) is 3.89. The van der Waals surface area contributed by atoms with Gasteiger partial charge in [0.15, 0.2) is 11.5 Å². The average molecular weight is 343 g/mol. The quantitative estimate of drug-likeness (QED) is 0.807. The van der Waals surface area contributed by atoms with Crippen molar-refractivity contribution >= 4 is 11.9 Å². The van der Waals surface area contributed by atoms with Gasteiger partial charge >= 0.3 is 5.97 Å². The van der Waals surface area contributed by atoms with Crippen LogP contribution in [0.15, 0.2) is 42.5 Å². The second-order valence-corrected chi connectivity index (χ2v) is 5.55. The number of hydrogen-bond donors (Lipinski definition) is 2. The minimum absolute atomic E-state index is 0.204. The van der Waals surface area contributed by atoms with Crippen molar-refractivity contribution in [3.05, 3.63) is 59.2 Å². The summed E-state index contributed by atoms with van der Waals surface area (Å²) < 4.78 is 10.4. The van der Waals surface area contributed by atoms with Crippen LogP contribution in [0.5, 0.6) is 11.5 Å². The van der Waals surface area contributed by atoms with Gasteiger partial charge in [-0.3, -0.25) is 9.59 Å². The van der Waals surface area contributed by atoms with Crippen LogP contribution in [0, 0.1) is 6.92 Å². The van der Waals surface area contributed by atoms with Gasteiger partial charge in [0.05, 0.1) is 26.7 Å². The van der Waals surface area contributed by atoms with Crippen LogP contribution in [-0.2, 0) is 4.79 Å². The molecule has 0 aliphatic heterocycles. The second kappa shape index (κ2) is 8.19. The molecule has 0 radical (unpaired) electrons. The average Bonchev–Trinajstić information content (AvgIpc) is 2.60. The molecule has 2 rings (SSSR count). The van der Waals surface area contributed by atoms with Crippen molar-refractivity contribution in [1.82, 2.24) is 5.32 Å². The molecule has 0 aromatic heterocycles. The Morgan fingerprint density at radius 2 is 1.76 bits per heavy atom. The van der Waals surface area contributed by atoms with E-state index in [1.54, 1.807) is 18.2 Å². The van der Waals surface area contributed by atoms with Gasteiger partial charge in [0, 0.05) is 5.56 Å². The van der Waals surface area contributed by atoms with Crippen LogP contribution in [0.2, 0.25) is 0 Å². The topological polar surface area (TPSA) is 84.9 Å². The largest absolute Gasteiger partial charge is 0.493 e. The van der Waals surface area contributed by atoms with Crippen molar-refractivity contribution in [2.75, 3.05) is 14.2 Å². The zero-order chi connectivity index (χ0) is 18.4. The molecule has 1 amide bonds. The molecule has 132 valence electrons. The summed E-state index contributed by atoms with van der Waals surface area (Å²) in [6.45, 7) is 1.88. The molecular weight excluding hydrogens is 322 g/mol. The van der Waals surface area contributed by atoms with Crippen molar-refractivity contribution in [2.45, 2.75) is 19.4 Å². The molecule has 2 aromatic rings. The maximum absolute atomic E-state index is 12.6. The highest BCUT2D eigenvalue weighted by molar-refractivity contribution is 5.95. The number of carboxylic acids is 1. The Morgan fingerprint density at radius 3 is 2.36 bits per heavy atom. The molecule has 0 bridgehead atoms. The molecule has 2 N–H and O–H groups in total. The van der Waals surface area contributed by atoms with Gasteiger partial charge in [0.25, 0.3) is 5.91 Å². The normalized spacial score (nSPS) is 11.5.